The van der Waals surface area contributed by atoms with E-state index in [2.05, 4.69) is 10.5 Å². The van der Waals surface area contributed by atoms with E-state index in [-0.39, 0.29) is 4.87 Å². The Bertz CT molecular complexity index is 644. The Balaban J connectivity index is 2.08. The van der Waals surface area contributed by atoms with Crippen LogP contribution in [0.15, 0.2) is 34.2 Å². The Labute approximate surface area is 107 Å². The van der Waals surface area contributed by atoms with E-state index in [0.29, 0.717) is 13.0 Å². The first kappa shape index (κ1) is 12.3. The Kier molecular flexibility index (Phi) is 3.73. The quantitative estimate of drug-likeness (QED) is 0.639. The zero-order chi connectivity index (χ0) is 13.0. The largest absolute Gasteiger partial charge is 0.350 e. The van der Waals surface area contributed by atoms with Crippen LogP contribution in [0.1, 0.15) is 6.42 Å². The summed E-state index contributed by atoms with van der Waals surface area (Å²) in [6.45, 7) is 0.521. The lowest BCUT2D eigenvalue weighted by atomic mass is 10.3. The second kappa shape index (κ2) is 5.46. The van der Waals surface area contributed by atoms with Gasteiger partial charge in [0.1, 0.15) is 0 Å². The molecule has 0 bridgehead atoms. The van der Waals surface area contributed by atoms with E-state index >= 15 is 0 Å². The summed E-state index contributed by atoms with van der Waals surface area (Å²) in [7, 11) is 0. The minimum atomic E-state index is -0.704. The number of aromatic nitrogens is 1. The zero-order valence-corrected chi connectivity index (χ0v) is 10.3. The molecule has 0 saturated heterocycles. The maximum atomic E-state index is 11.8. The van der Waals surface area contributed by atoms with Crippen molar-refractivity contribution in [1.82, 2.24) is 9.99 Å². The van der Waals surface area contributed by atoms with E-state index < -0.39 is 6.03 Å². The topological polar surface area (TPSA) is 89.5 Å². The van der Waals surface area contributed by atoms with Gasteiger partial charge in [-0.1, -0.05) is 23.5 Å². The van der Waals surface area contributed by atoms with Gasteiger partial charge in [-0.25, -0.2) is 10.2 Å². The average molecular weight is 264 g/mol. The molecule has 0 fully saturated rings. The monoisotopic (exact) mass is 264 g/mol. The molecule has 0 atom stereocenters. The summed E-state index contributed by atoms with van der Waals surface area (Å²) >= 11 is 1.22. The maximum absolute atomic E-state index is 11.8. The highest BCUT2D eigenvalue weighted by atomic mass is 32.1. The molecule has 6 nitrogen and oxygen atoms in total. The van der Waals surface area contributed by atoms with Crippen LogP contribution in [-0.2, 0) is 6.54 Å². The van der Waals surface area contributed by atoms with Gasteiger partial charge in [-0.15, -0.1) is 0 Å². The number of nitrogens with zero attached hydrogens (tertiary/aromatic N) is 2. The van der Waals surface area contributed by atoms with Gasteiger partial charge in [-0.2, -0.15) is 5.10 Å². The molecule has 0 radical (unpaired) electrons. The van der Waals surface area contributed by atoms with Crippen LogP contribution in [0.2, 0.25) is 0 Å². The molecule has 1 aromatic heterocycles. The van der Waals surface area contributed by atoms with E-state index in [4.69, 9.17) is 5.73 Å². The summed E-state index contributed by atoms with van der Waals surface area (Å²) in [6.07, 6.45) is 2.06. The standard InChI is InChI=1S/C11H12N4O2S/c12-10(16)14-13-6-3-7-15-8-4-1-2-5-9(8)18-11(15)17/h1-2,4-6H,3,7H2,(H3,12,14,16)/b13-6+. The fraction of sp³-hybridized carbons (Fsp3) is 0.182. The van der Waals surface area contributed by atoms with Crippen molar-refractivity contribution >= 4 is 33.8 Å². The molecule has 0 aliphatic heterocycles. The number of nitrogens with two attached hydrogens (primary N) is 1. The fourth-order valence-electron chi connectivity index (χ4n) is 1.59. The summed E-state index contributed by atoms with van der Waals surface area (Å²) in [5.74, 6) is 0. The maximum Gasteiger partial charge on any atom is 0.332 e. The SMILES string of the molecule is NC(=O)N/N=C/CCn1c(=O)sc2ccccc21. The molecule has 94 valence electrons. The molecule has 0 spiro atoms. The summed E-state index contributed by atoms with van der Waals surface area (Å²) in [5, 5.41) is 3.62. The molecule has 1 heterocycles. The van der Waals surface area contributed by atoms with Gasteiger partial charge in [0.2, 0.25) is 0 Å². The normalized spacial score (nSPS) is 11.1. The van der Waals surface area contributed by atoms with E-state index in [1.54, 1.807) is 4.57 Å². The summed E-state index contributed by atoms with van der Waals surface area (Å²) in [6, 6.07) is 6.92. The van der Waals surface area contributed by atoms with E-state index in [0.717, 1.165) is 10.2 Å². The Hall–Kier alpha value is -2.15. The molecule has 0 unspecified atom stereocenters. The molecule has 0 saturated carbocycles. The number of amides is 2. The van der Waals surface area contributed by atoms with Crippen LogP contribution >= 0.6 is 11.3 Å². The molecular formula is C11H12N4O2S. The van der Waals surface area contributed by atoms with Crippen molar-refractivity contribution in [2.45, 2.75) is 13.0 Å². The van der Waals surface area contributed by atoms with Gasteiger partial charge >= 0.3 is 10.9 Å². The molecule has 2 amide bonds. The first-order valence-corrected chi connectivity index (χ1v) is 6.15. The number of hydrogen-bond acceptors (Lipinski definition) is 4. The Morgan fingerprint density at radius 1 is 1.50 bits per heavy atom. The number of aryl methyl sites for hydroxylation is 1. The van der Waals surface area contributed by atoms with Crippen molar-refractivity contribution in [3.8, 4) is 0 Å². The van der Waals surface area contributed by atoms with Crippen LogP contribution < -0.4 is 16.0 Å². The summed E-state index contributed by atoms with van der Waals surface area (Å²) in [5.41, 5.74) is 7.87. The molecule has 2 rings (SSSR count). The first-order chi connectivity index (χ1) is 8.68. The number of para-hydroxylation sites is 1. The van der Waals surface area contributed by atoms with Crippen LogP contribution in [0, 0.1) is 0 Å². The summed E-state index contributed by atoms with van der Waals surface area (Å²) in [4.78, 5) is 22.1. The number of hydrogen-bond donors (Lipinski definition) is 2. The lowest BCUT2D eigenvalue weighted by Gasteiger charge is -2.00. The minimum absolute atomic E-state index is 0.00691. The first-order valence-electron chi connectivity index (χ1n) is 5.34. The number of benzene rings is 1. The van der Waals surface area contributed by atoms with E-state index in [1.807, 2.05) is 24.3 Å². The molecular weight excluding hydrogens is 252 g/mol. The van der Waals surface area contributed by atoms with Crippen LogP contribution in [-0.4, -0.2) is 16.8 Å². The third-order valence-electron chi connectivity index (χ3n) is 2.32. The van der Waals surface area contributed by atoms with Gasteiger partial charge in [-0.05, 0) is 12.1 Å². The zero-order valence-electron chi connectivity index (χ0n) is 9.50. The minimum Gasteiger partial charge on any atom is -0.350 e. The Morgan fingerprint density at radius 3 is 3.06 bits per heavy atom. The number of fused-ring (bicyclic) bond motifs is 1. The van der Waals surface area contributed by atoms with Crippen LogP contribution in [0.4, 0.5) is 4.79 Å². The molecule has 7 heteroatoms. The van der Waals surface area contributed by atoms with Gasteiger partial charge in [0, 0.05) is 19.2 Å². The third kappa shape index (κ3) is 2.75. The molecule has 2 aromatic rings. The van der Waals surface area contributed by atoms with E-state index in [9.17, 15) is 9.59 Å². The number of rotatable bonds is 4. The van der Waals surface area contributed by atoms with Crippen LogP contribution in [0.5, 0.6) is 0 Å². The molecule has 18 heavy (non-hydrogen) atoms. The average Bonchev–Trinajstić information content (AvgIpc) is 2.65. The second-order valence-corrected chi connectivity index (χ2v) is 4.56. The number of primary amides is 1. The fourth-order valence-corrected chi connectivity index (χ4v) is 2.50. The van der Waals surface area contributed by atoms with Gasteiger partial charge in [0.25, 0.3) is 0 Å². The van der Waals surface area contributed by atoms with Gasteiger partial charge < -0.3 is 5.73 Å². The number of nitrogens with one attached hydrogen (secondary N) is 1. The lowest BCUT2D eigenvalue weighted by Crippen LogP contribution is -2.24. The molecule has 1 aromatic carbocycles. The number of hydrazone groups is 1. The van der Waals surface area contributed by atoms with Crippen LogP contribution in [0.25, 0.3) is 10.2 Å². The molecule has 0 aliphatic carbocycles. The van der Waals surface area contributed by atoms with Gasteiger partial charge in [-0.3, -0.25) is 9.36 Å². The number of carbonyl (C=O) groups excluding carboxylic acids is 1. The predicted molar refractivity (Wildman–Crippen MR) is 71.9 cm³/mol. The molecule has 3 N–H and O–H groups in total. The van der Waals surface area contributed by atoms with Crippen molar-refractivity contribution in [2.24, 2.45) is 10.8 Å². The van der Waals surface area contributed by atoms with Crippen molar-refractivity contribution in [2.75, 3.05) is 0 Å². The number of urea groups is 1. The highest BCUT2D eigenvalue weighted by molar-refractivity contribution is 7.16. The third-order valence-corrected chi connectivity index (χ3v) is 3.28. The smallest absolute Gasteiger partial charge is 0.332 e. The molecule has 0 aliphatic rings. The highest BCUT2D eigenvalue weighted by Crippen LogP contribution is 2.16. The number of carbonyl (C=O) groups is 1. The summed E-state index contributed by atoms with van der Waals surface area (Å²) < 4.78 is 2.66. The van der Waals surface area contributed by atoms with Crippen molar-refractivity contribution in [3.63, 3.8) is 0 Å². The van der Waals surface area contributed by atoms with Gasteiger partial charge in [0.15, 0.2) is 0 Å². The number of thiazole rings is 1. The Morgan fingerprint density at radius 2 is 2.28 bits per heavy atom. The lowest BCUT2D eigenvalue weighted by molar-refractivity contribution is 0.249. The van der Waals surface area contributed by atoms with Crippen molar-refractivity contribution in [1.29, 1.82) is 0 Å². The van der Waals surface area contributed by atoms with Crippen LogP contribution in [0.3, 0.4) is 0 Å². The van der Waals surface area contributed by atoms with Gasteiger partial charge in [0.05, 0.1) is 10.2 Å². The second-order valence-electron chi connectivity index (χ2n) is 3.56. The highest BCUT2D eigenvalue weighted by Gasteiger charge is 2.05. The van der Waals surface area contributed by atoms with Crippen molar-refractivity contribution < 1.29 is 4.79 Å². The predicted octanol–water partition coefficient (Wildman–Crippen LogP) is 1.11. The van der Waals surface area contributed by atoms with E-state index in [1.165, 1.54) is 17.6 Å². The van der Waals surface area contributed by atoms with Crippen molar-refractivity contribution in [3.05, 3.63) is 33.9 Å².